The van der Waals surface area contributed by atoms with Gasteiger partial charge < -0.3 is 5.32 Å². The van der Waals surface area contributed by atoms with Gasteiger partial charge in [0.05, 0.1) is 0 Å². The molecule has 1 N–H and O–H groups in total. The van der Waals surface area contributed by atoms with Crippen LogP contribution in [0.2, 0.25) is 0 Å². The number of likely N-dealkylation sites (N-methyl/N-ethyl adjacent to an activating group) is 1. The zero-order valence-corrected chi connectivity index (χ0v) is 8.78. The zero-order chi connectivity index (χ0) is 11.5. The summed E-state index contributed by atoms with van der Waals surface area (Å²) in [5.41, 5.74) is 0.179. The largest absolute Gasteiger partial charge is 0.319 e. The van der Waals surface area contributed by atoms with Crippen LogP contribution in [-0.4, -0.2) is 13.6 Å². The number of hydrogen-bond acceptors (Lipinski definition) is 1. The number of benzene rings is 1. The van der Waals surface area contributed by atoms with Gasteiger partial charge in [-0.15, -0.1) is 0 Å². The smallest absolute Gasteiger partial charge is 0.270 e. The molecule has 0 amide bonds. The first kappa shape index (κ1) is 12.0. The SMILES string of the molecule is CNCCc1cc(C(C)(F)F)ccc1F. The van der Waals surface area contributed by atoms with Gasteiger partial charge in [0.15, 0.2) is 0 Å². The molecule has 0 heterocycles. The fourth-order valence-corrected chi connectivity index (χ4v) is 1.30. The molecule has 0 fully saturated rings. The minimum absolute atomic E-state index is 0.144. The summed E-state index contributed by atoms with van der Waals surface area (Å²) in [5, 5.41) is 2.85. The van der Waals surface area contributed by atoms with E-state index in [-0.39, 0.29) is 5.56 Å². The molecule has 0 aliphatic heterocycles. The van der Waals surface area contributed by atoms with Gasteiger partial charge in [0, 0.05) is 12.5 Å². The van der Waals surface area contributed by atoms with E-state index in [1.165, 1.54) is 6.07 Å². The van der Waals surface area contributed by atoms with Crippen molar-refractivity contribution < 1.29 is 13.2 Å². The van der Waals surface area contributed by atoms with E-state index in [9.17, 15) is 13.2 Å². The van der Waals surface area contributed by atoms with Crippen LogP contribution in [0.25, 0.3) is 0 Å². The van der Waals surface area contributed by atoms with Crippen LogP contribution in [0.3, 0.4) is 0 Å². The molecule has 0 aliphatic rings. The Morgan fingerprint density at radius 3 is 2.53 bits per heavy atom. The standard InChI is InChI=1S/C11H14F3N/c1-11(13,14)9-3-4-10(12)8(7-9)5-6-15-2/h3-4,7,15H,5-6H2,1-2H3. The van der Waals surface area contributed by atoms with Crippen molar-refractivity contribution in [2.24, 2.45) is 0 Å². The van der Waals surface area contributed by atoms with Gasteiger partial charge in [-0.2, -0.15) is 0 Å². The summed E-state index contributed by atoms with van der Waals surface area (Å²) >= 11 is 0. The molecule has 0 unspecified atom stereocenters. The Kier molecular flexibility index (Phi) is 3.74. The Balaban J connectivity index is 2.95. The second-order valence-corrected chi connectivity index (χ2v) is 3.55. The third-order valence-corrected chi connectivity index (χ3v) is 2.20. The fourth-order valence-electron chi connectivity index (χ4n) is 1.30. The van der Waals surface area contributed by atoms with Crippen molar-refractivity contribution in [3.63, 3.8) is 0 Å². The van der Waals surface area contributed by atoms with E-state index < -0.39 is 11.7 Å². The van der Waals surface area contributed by atoms with Crippen LogP contribution in [0.1, 0.15) is 18.1 Å². The highest BCUT2D eigenvalue weighted by Gasteiger charge is 2.24. The molecular formula is C11H14F3N. The molecule has 0 saturated carbocycles. The molecule has 0 atom stereocenters. The number of hydrogen-bond donors (Lipinski definition) is 1. The summed E-state index contributed by atoms with van der Waals surface area (Å²) < 4.78 is 39.1. The van der Waals surface area contributed by atoms with Gasteiger partial charge in [0.25, 0.3) is 5.92 Å². The summed E-state index contributed by atoms with van der Waals surface area (Å²) in [6.45, 7) is 1.37. The zero-order valence-electron chi connectivity index (χ0n) is 8.78. The minimum Gasteiger partial charge on any atom is -0.319 e. The van der Waals surface area contributed by atoms with Gasteiger partial charge in [-0.25, -0.2) is 13.2 Å². The third kappa shape index (κ3) is 3.23. The van der Waals surface area contributed by atoms with Crippen LogP contribution in [0, 0.1) is 5.82 Å². The van der Waals surface area contributed by atoms with E-state index in [1.54, 1.807) is 7.05 Å². The monoisotopic (exact) mass is 217 g/mol. The Bertz CT molecular complexity index is 331. The highest BCUT2D eigenvalue weighted by molar-refractivity contribution is 5.28. The van der Waals surface area contributed by atoms with Crippen molar-refractivity contribution in [3.8, 4) is 0 Å². The third-order valence-electron chi connectivity index (χ3n) is 2.20. The van der Waals surface area contributed by atoms with Gasteiger partial charge in [0.2, 0.25) is 0 Å². The number of rotatable bonds is 4. The average molecular weight is 217 g/mol. The number of halogens is 3. The van der Waals surface area contributed by atoms with Crippen LogP contribution in [0.5, 0.6) is 0 Å². The van der Waals surface area contributed by atoms with E-state index in [1.807, 2.05) is 0 Å². The van der Waals surface area contributed by atoms with Crippen LogP contribution in [-0.2, 0) is 12.3 Å². The van der Waals surface area contributed by atoms with Crippen molar-refractivity contribution in [1.82, 2.24) is 5.32 Å². The van der Waals surface area contributed by atoms with Gasteiger partial charge in [-0.05, 0) is 37.7 Å². The highest BCUT2D eigenvalue weighted by Crippen LogP contribution is 2.28. The van der Waals surface area contributed by atoms with Crippen molar-refractivity contribution in [2.75, 3.05) is 13.6 Å². The molecule has 1 rings (SSSR count). The van der Waals surface area contributed by atoms with Gasteiger partial charge in [-0.1, -0.05) is 6.07 Å². The van der Waals surface area contributed by atoms with Crippen molar-refractivity contribution >= 4 is 0 Å². The van der Waals surface area contributed by atoms with E-state index in [0.717, 1.165) is 19.1 Å². The van der Waals surface area contributed by atoms with Crippen LogP contribution in [0.15, 0.2) is 18.2 Å². The first-order valence-corrected chi connectivity index (χ1v) is 4.76. The second kappa shape index (κ2) is 4.66. The molecule has 0 radical (unpaired) electrons. The predicted molar refractivity (Wildman–Crippen MR) is 53.6 cm³/mol. The fraction of sp³-hybridized carbons (Fsp3) is 0.455. The maximum atomic E-state index is 13.2. The Morgan fingerprint density at radius 1 is 1.33 bits per heavy atom. The molecule has 84 valence electrons. The predicted octanol–water partition coefficient (Wildman–Crippen LogP) is 2.70. The Labute approximate surface area is 87.3 Å². The lowest BCUT2D eigenvalue weighted by Crippen LogP contribution is -2.13. The van der Waals surface area contributed by atoms with E-state index >= 15 is 0 Å². The van der Waals surface area contributed by atoms with E-state index in [4.69, 9.17) is 0 Å². The second-order valence-electron chi connectivity index (χ2n) is 3.55. The van der Waals surface area contributed by atoms with E-state index in [0.29, 0.717) is 18.5 Å². The Morgan fingerprint density at radius 2 is 2.00 bits per heavy atom. The molecule has 0 saturated heterocycles. The van der Waals surface area contributed by atoms with Crippen LogP contribution < -0.4 is 5.32 Å². The van der Waals surface area contributed by atoms with Crippen LogP contribution >= 0.6 is 0 Å². The first-order chi connectivity index (χ1) is 6.95. The lowest BCUT2D eigenvalue weighted by atomic mass is 10.0. The molecule has 1 aromatic rings. The minimum atomic E-state index is -2.91. The van der Waals surface area contributed by atoms with Crippen molar-refractivity contribution in [1.29, 1.82) is 0 Å². The molecule has 0 aliphatic carbocycles. The summed E-state index contributed by atoms with van der Waals surface area (Å²) in [4.78, 5) is 0. The lowest BCUT2D eigenvalue weighted by molar-refractivity contribution is 0.0173. The van der Waals surface area contributed by atoms with Crippen LogP contribution in [0.4, 0.5) is 13.2 Å². The molecule has 0 spiro atoms. The normalized spacial score (nSPS) is 11.8. The van der Waals surface area contributed by atoms with Gasteiger partial charge >= 0.3 is 0 Å². The van der Waals surface area contributed by atoms with Gasteiger partial charge in [0.1, 0.15) is 5.82 Å². The van der Waals surface area contributed by atoms with Crippen molar-refractivity contribution in [2.45, 2.75) is 19.3 Å². The summed E-state index contributed by atoms with van der Waals surface area (Å²) in [5.74, 6) is -3.35. The summed E-state index contributed by atoms with van der Waals surface area (Å²) in [7, 11) is 1.73. The maximum absolute atomic E-state index is 13.2. The van der Waals surface area contributed by atoms with E-state index in [2.05, 4.69) is 5.32 Å². The molecule has 15 heavy (non-hydrogen) atoms. The first-order valence-electron chi connectivity index (χ1n) is 4.76. The lowest BCUT2D eigenvalue weighted by Gasteiger charge is -2.12. The Hall–Kier alpha value is -1.03. The molecule has 4 heteroatoms. The summed E-state index contributed by atoms with van der Waals surface area (Å²) in [6.07, 6.45) is 0.409. The quantitative estimate of drug-likeness (QED) is 0.817. The molecule has 0 aromatic heterocycles. The van der Waals surface area contributed by atoms with Crippen molar-refractivity contribution in [3.05, 3.63) is 35.1 Å². The van der Waals surface area contributed by atoms with Gasteiger partial charge in [-0.3, -0.25) is 0 Å². The number of alkyl halides is 2. The molecule has 0 bridgehead atoms. The average Bonchev–Trinajstić information content (AvgIpc) is 2.15. The molecule has 1 nitrogen and oxygen atoms in total. The summed E-state index contributed by atoms with van der Waals surface area (Å²) in [6, 6.07) is 3.45. The number of nitrogens with one attached hydrogen (secondary N) is 1. The topological polar surface area (TPSA) is 12.0 Å². The molecule has 1 aromatic carbocycles. The molecular weight excluding hydrogens is 203 g/mol. The maximum Gasteiger partial charge on any atom is 0.270 e. The highest BCUT2D eigenvalue weighted by atomic mass is 19.3.